The molecule has 2 rings (SSSR count). The van der Waals surface area contributed by atoms with Crippen LogP contribution in [-0.4, -0.2) is 28.3 Å². The minimum atomic E-state index is -0.492. The summed E-state index contributed by atoms with van der Waals surface area (Å²) in [7, 11) is 0. The summed E-state index contributed by atoms with van der Waals surface area (Å²) in [5, 5.41) is 16.0. The number of aliphatic hydroxyl groups excluding tert-OH is 1. The van der Waals surface area contributed by atoms with Crippen molar-refractivity contribution in [3.63, 3.8) is 0 Å². The zero-order valence-electron chi connectivity index (χ0n) is 9.98. The van der Waals surface area contributed by atoms with E-state index in [2.05, 4.69) is 21.9 Å². The van der Waals surface area contributed by atoms with Gasteiger partial charge in [0.1, 0.15) is 6.26 Å². The number of hydrogen-bond acceptors (Lipinski definition) is 4. The minimum absolute atomic E-state index is 0.0269. The standard InChI is InChI=1S/C12H18N2O3/c1-9-3-2-5-12(7-9,8-15)13-11(16)10-4-6-17-14-10/h4,6,9,15H,2-3,5,7-8H2,1H3,(H,13,16). The van der Waals surface area contributed by atoms with Gasteiger partial charge in [-0.3, -0.25) is 4.79 Å². The van der Waals surface area contributed by atoms with Crippen molar-refractivity contribution in [1.29, 1.82) is 0 Å². The first kappa shape index (κ1) is 12.1. The summed E-state index contributed by atoms with van der Waals surface area (Å²) in [5.41, 5.74) is -0.232. The van der Waals surface area contributed by atoms with Crippen LogP contribution in [0.3, 0.4) is 0 Å². The molecule has 0 bridgehead atoms. The number of carbonyl (C=O) groups excluding carboxylic acids is 1. The van der Waals surface area contributed by atoms with Crippen LogP contribution in [0, 0.1) is 5.92 Å². The van der Waals surface area contributed by atoms with E-state index in [0.29, 0.717) is 5.92 Å². The molecule has 1 saturated carbocycles. The molecule has 0 aromatic carbocycles. The van der Waals surface area contributed by atoms with Gasteiger partial charge in [0.15, 0.2) is 5.69 Å². The molecule has 0 spiro atoms. The second-order valence-corrected chi connectivity index (χ2v) is 4.98. The molecule has 17 heavy (non-hydrogen) atoms. The van der Waals surface area contributed by atoms with Gasteiger partial charge in [-0.2, -0.15) is 0 Å². The van der Waals surface area contributed by atoms with Gasteiger partial charge < -0.3 is 14.9 Å². The van der Waals surface area contributed by atoms with Crippen molar-refractivity contribution in [2.45, 2.75) is 38.1 Å². The Hall–Kier alpha value is -1.36. The van der Waals surface area contributed by atoms with Gasteiger partial charge in [0.05, 0.1) is 12.1 Å². The van der Waals surface area contributed by atoms with Crippen LogP contribution in [0.25, 0.3) is 0 Å². The van der Waals surface area contributed by atoms with Crippen LogP contribution in [0.4, 0.5) is 0 Å². The van der Waals surface area contributed by atoms with Crippen LogP contribution < -0.4 is 5.32 Å². The van der Waals surface area contributed by atoms with Crippen LogP contribution in [0.15, 0.2) is 16.9 Å². The van der Waals surface area contributed by atoms with Crippen molar-refractivity contribution >= 4 is 5.91 Å². The molecular formula is C12H18N2O3. The van der Waals surface area contributed by atoms with Crippen LogP contribution >= 0.6 is 0 Å². The van der Waals surface area contributed by atoms with Gasteiger partial charge in [0.2, 0.25) is 0 Å². The molecule has 1 fully saturated rings. The van der Waals surface area contributed by atoms with Crippen LogP contribution in [0.2, 0.25) is 0 Å². The quantitative estimate of drug-likeness (QED) is 0.833. The highest BCUT2D eigenvalue weighted by Crippen LogP contribution is 2.32. The summed E-state index contributed by atoms with van der Waals surface area (Å²) < 4.78 is 4.64. The molecule has 5 nitrogen and oxygen atoms in total. The third kappa shape index (κ3) is 2.66. The van der Waals surface area contributed by atoms with E-state index < -0.39 is 5.54 Å². The second-order valence-electron chi connectivity index (χ2n) is 4.98. The zero-order valence-corrected chi connectivity index (χ0v) is 9.98. The first-order valence-corrected chi connectivity index (χ1v) is 5.99. The molecule has 0 aliphatic heterocycles. The van der Waals surface area contributed by atoms with Gasteiger partial charge in [-0.1, -0.05) is 24.9 Å². The lowest BCUT2D eigenvalue weighted by molar-refractivity contribution is 0.0689. The lowest BCUT2D eigenvalue weighted by atomic mass is 9.77. The fourth-order valence-corrected chi connectivity index (χ4v) is 2.59. The molecule has 1 aliphatic rings. The van der Waals surface area contributed by atoms with Crippen molar-refractivity contribution in [2.75, 3.05) is 6.61 Å². The molecule has 2 unspecified atom stereocenters. The highest BCUT2D eigenvalue weighted by molar-refractivity contribution is 5.92. The third-order valence-electron chi connectivity index (χ3n) is 3.44. The van der Waals surface area contributed by atoms with Crippen LogP contribution in [0.5, 0.6) is 0 Å². The molecule has 1 aromatic heterocycles. The van der Waals surface area contributed by atoms with E-state index >= 15 is 0 Å². The van der Waals surface area contributed by atoms with Gasteiger partial charge in [0, 0.05) is 6.07 Å². The Morgan fingerprint density at radius 2 is 2.59 bits per heavy atom. The van der Waals surface area contributed by atoms with E-state index in [4.69, 9.17) is 0 Å². The van der Waals surface area contributed by atoms with Crippen molar-refractivity contribution in [1.82, 2.24) is 10.5 Å². The zero-order chi connectivity index (χ0) is 12.3. The maximum Gasteiger partial charge on any atom is 0.273 e. The van der Waals surface area contributed by atoms with Crippen molar-refractivity contribution in [3.05, 3.63) is 18.0 Å². The predicted molar refractivity (Wildman–Crippen MR) is 61.4 cm³/mol. The Morgan fingerprint density at radius 3 is 3.18 bits per heavy atom. The number of hydrogen-bond donors (Lipinski definition) is 2. The van der Waals surface area contributed by atoms with Crippen molar-refractivity contribution in [3.8, 4) is 0 Å². The smallest absolute Gasteiger partial charge is 0.273 e. The fourth-order valence-electron chi connectivity index (χ4n) is 2.59. The highest BCUT2D eigenvalue weighted by Gasteiger charge is 2.36. The Morgan fingerprint density at radius 1 is 1.76 bits per heavy atom. The van der Waals surface area contributed by atoms with Gasteiger partial charge in [0.25, 0.3) is 5.91 Å². The predicted octanol–water partition coefficient (Wildman–Crippen LogP) is 1.35. The largest absolute Gasteiger partial charge is 0.394 e. The summed E-state index contributed by atoms with van der Waals surface area (Å²) >= 11 is 0. The van der Waals surface area contributed by atoms with E-state index in [-0.39, 0.29) is 18.2 Å². The first-order chi connectivity index (χ1) is 8.15. The van der Waals surface area contributed by atoms with Crippen molar-refractivity contribution < 1.29 is 14.4 Å². The van der Waals surface area contributed by atoms with Gasteiger partial charge in [-0.05, 0) is 18.8 Å². The van der Waals surface area contributed by atoms with Gasteiger partial charge in [-0.25, -0.2) is 0 Å². The van der Waals surface area contributed by atoms with Crippen LogP contribution in [-0.2, 0) is 0 Å². The van der Waals surface area contributed by atoms with E-state index in [1.165, 1.54) is 12.3 Å². The number of aromatic nitrogens is 1. The van der Waals surface area contributed by atoms with Gasteiger partial charge >= 0.3 is 0 Å². The molecule has 1 amide bonds. The summed E-state index contributed by atoms with van der Waals surface area (Å²) in [4.78, 5) is 11.9. The Labute approximate surface area is 100 Å². The fraction of sp³-hybridized carbons (Fsp3) is 0.667. The average Bonchev–Trinajstić information content (AvgIpc) is 2.82. The Bertz CT molecular complexity index is 377. The lowest BCUT2D eigenvalue weighted by Gasteiger charge is -2.39. The van der Waals surface area contributed by atoms with Gasteiger partial charge in [-0.15, -0.1) is 0 Å². The summed E-state index contributed by atoms with van der Waals surface area (Å²) in [6.45, 7) is 2.12. The highest BCUT2D eigenvalue weighted by atomic mass is 16.5. The maximum absolute atomic E-state index is 11.9. The lowest BCUT2D eigenvalue weighted by Crippen LogP contribution is -2.53. The van der Waals surface area contributed by atoms with Crippen molar-refractivity contribution in [2.24, 2.45) is 5.92 Å². The summed E-state index contributed by atoms with van der Waals surface area (Å²) in [5.74, 6) is 0.246. The molecule has 1 heterocycles. The number of carbonyl (C=O) groups is 1. The number of rotatable bonds is 3. The molecular weight excluding hydrogens is 220 g/mol. The van der Waals surface area contributed by atoms with E-state index in [1.807, 2.05) is 0 Å². The monoisotopic (exact) mass is 238 g/mol. The number of nitrogens with zero attached hydrogens (tertiary/aromatic N) is 1. The van der Waals surface area contributed by atoms with E-state index in [9.17, 15) is 9.90 Å². The van der Waals surface area contributed by atoms with Crippen LogP contribution in [0.1, 0.15) is 43.1 Å². The molecule has 2 atom stereocenters. The second kappa shape index (κ2) is 4.87. The summed E-state index contributed by atoms with van der Waals surface area (Å²) in [6.07, 6.45) is 5.18. The number of aliphatic hydroxyl groups is 1. The summed E-state index contributed by atoms with van der Waals surface area (Å²) in [6, 6.07) is 1.52. The van der Waals surface area contributed by atoms with E-state index in [1.54, 1.807) is 0 Å². The average molecular weight is 238 g/mol. The normalized spacial score (nSPS) is 28.9. The maximum atomic E-state index is 11.9. The third-order valence-corrected chi connectivity index (χ3v) is 3.44. The Balaban J connectivity index is 2.06. The minimum Gasteiger partial charge on any atom is -0.394 e. The van der Waals surface area contributed by atoms with E-state index in [0.717, 1.165) is 25.7 Å². The SMILES string of the molecule is CC1CCCC(CO)(NC(=O)c2ccon2)C1. The molecule has 5 heteroatoms. The Kier molecular flexibility index (Phi) is 3.47. The molecule has 0 radical (unpaired) electrons. The molecule has 1 aromatic rings. The molecule has 2 N–H and O–H groups in total. The topological polar surface area (TPSA) is 75.4 Å². The first-order valence-electron chi connectivity index (χ1n) is 5.99. The number of amides is 1. The molecule has 1 aliphatic carbocycles. The molecule has 94 valence electrons. The number of nitrogens with one attached hydrogen (secondary N) is 1. The molecule has 0 saturated heterocycles.